The molecule has 3 nitrogen and oxygen atoms in total. The van der Waals surface area contributed by atoms with Crippen LogP contribution < -0.4 is 0 Å². The molecule has 0 bridgehead atoms. The number of ether oxygens (including phenoxy) is 1. The number of carbonyl (C=O) groups excluding carboxylic acids is 2. The SMILES string of the molecule is COC(=O)C[C@H]1CCC(=O)[C@H]1C. The van der Waals surface area contributed by atoms with Crippen molar-refractivity contribution in [3.05, 3.63) is 0 Å². The number of Topliss-reactive ketones (excluding diaryl/α,β-unsaturated/α-hetero) is 1. The summed E-state index contributed by atoms with van der Waals surface area (Å²) >= 11 is 0. The summed E-state index contributed by atoms with van der Waals surface area (Å²) in [5, 5.41) is 0. The van der Waals surface area contributed by atoms with Crippen molar-refractivity contribution in [3.63, 3.8) is 0 Å². The maximum absolute atomic E-state index is 11.1. The Morgan fingerprint density at radius 3 is 2.75 bits per heavy atom. The third-order valence-corrected chi connectivity index (χ3v) is 2.63. The van der Waals surface area contributed by atoms with E-state index in [4.69, 9.17) is 0 Å². The molecule has 68 valence electrons. The molecular weight excluding hydrogens is 156 g/mol. The topological polar surface area (TPSA) is 43.4 Å². The smallest absolute Gasteiger partial charge is 0.305 e. The van der Waals surface area contributed by atoms with Gasteiger partial charge in [-0.15, -0.1) is 0 Å². The number of esters is 1. The number of hydrogen-bond acceptors (Lipinski definition) is 3. The van der Waals surface area contributed by atoms with Crippen LogP contribution in [0.25, 0.3) is 0 Å². The molecule has 3 heteroatoms. The highest BCUT2D eigenvalue weighted by Crippen LogP contribution is 2.30. The van der Waals surface area contributed by atoms with E-state index in [0.717, 1.165) is 6.42 Å². The van der Waals surface area contributed by atoms with Gasteiger partial charge in [0.2, 0.25) is 0 Å². The predicted molar refractivity (Wildman–Crippen MR) is 43.5 cm³/mol. The van der Waals surface area contributed by atoms with E-state index in [0.29, 0.717) is 12.8 Å². The quantitative estimate of drug-likeness (QED) is 0.584. The van der Waals surface area contributed by atoms with Gasteiger partial charge < -0.3 is 4.74 Å². The summed E-state index contributed by atoms with van der Waals surface area (Å²) in [5.41, 5.74) is 0. The number of carbonyl (C=O) groups is 2. The van der Waals surface area contributed by atoms with E-state index in [9.17, 15) is 9.59 Å². The molecule has 1 fully saturated rings. The first-order valence-electron chi connectivity index (χ1n) is 4.24. The van der Waals surface area contributed by atoms with E-state index >= 15 is 0 Å². The Balaban J connectivity index is 2.44. The second kappa shape index (κ2) is 3.70. The Morgan fingerprint density at radius 1 is 1.67 bits per heavy atom. The molecule has 12 heavy (non-hydrogen) atoms. The molecule has 0 amide bonds. The maximum Gasteiger partial charge on any atom is 0.305 e. The van der Waals surface area contributed by atoms with E-state index in [1.807, 2.05) is 6.92 Å². The molecule has 0 aromatic rings. The second-order valence-electron chi connectivity index (χ2n) is 3.33. The predicted octanol–water partition coefficient (Wildman–Crippen LogP) is 1.16. The summed E-state index contributed by atoms with van der Waals surface area (Å²) in [7, 11) is 1.38. The Morgan fingerprint density at radius 2 is 2.33 bits per heavy atom. The van der Waals surface area contributed by atoms with E-state index in [2.05, 4.69) is 4.74 Å². The first-order chi connectivity index (χ1) is 5.65. The lowest BCUT2D eigenvalue weighted by atomic mass is 9.94. The molecule has 1 saturated carbocycles. The van der Waals surface area contributed by atoms with Crippen LogP contribution in [0.5, 0.6) is 0 Å². The van der Waals surface area contributed by atoms with Gasteiger partial charge in [0.05, 0.1) is 7.11 Å². The van der Waals surface area contributed by atoms with Crippen LogP contribution in [0.2, 0.25) is 0 Å². The summed E-state index contributed by atoms with van der Waals surface area (Å²) in [6, 6.07) is 0. The van der Waals surface area contributed by atoms with Crippen LogP contribution in [-0.4, -0.2) is 18.9 Å². The molecule has 1 aliphatic rings. The summed E-state index contributed by atoms with van der Waals surface area (Å²) in [6.45, 7) is 1.89. The molecule has 2 atom stereocenters. The van der Waals surface area contributed by atoms with E-state index < -0.39 is 0 Å². The van der Waals surface area contributed by atoms with Gasteiger partial charge in [-0.25, -0.2) is 0 Å². The monoisotopic (exact) mass is 170 g/mol. The van der Waals surface area contributed by atoms with Gasteiger partial charge in [-0.1, -0.05) is 6.92 Å². The lowest BCUT2D eigenvalue weighted by Gasteiger charge is -2.11. The molecule has 0 saturated heterocycles. The average molecular weight is 170 g/mol. The van der Waals surface area contributed by atoms with Gasteiger partial charge >= 0.3 is 5.97 Å². The molecule has 0 aromatic carbocycles. The van der Waals surface area contributed by atoms with Gasteiger partial charge in [-0.3, -0.25) is 9.59 Å². The van der Waals surface area contributed by atoms with Crippen LogP contribution in [0, 0.1) is 11.8 Å². The molecular formula is C9H14O3. The van der Waals surface area contributed by atoms with Crippen molar-refractivity contribution in [2.24, 2.45) is 11.8 Å². The summed E-state index contributed by atoms with van der Waals surface area (Å²) in [5.74, 6) is 0.333. The minimum Gasteiger partial charge on any atom is -0.469 e. The molecule has 0 aromatic heterocycles. The minimum absolute atomic E-state index is 0.0455. The maximum atomic E-state index is 11.1. The van der Waals surface area contributed by atoms with Crippen molar-refractivity contribution in [3.8, 4) is 0 Å². The van der Waals surface area contributed by atoms with Gasteiger partial charge in [0, 0.05) is 18.8 Å². The van der Waals surface area contributed by atoms with Crippen molar-refractivity contribution in [1.29, 1.82) is 0 Å². The first kappa shape index (κ1) is 9.23. The molecule has 0 spiro atoms. The molecule has 0 heterocycles. The Labute approximate surface area is 72.1 Å². The Bertz CT molecular complexity index is 198. The van der Waals surface area contributed by atoms with E-state index in [-0.39, 0.29) is 23.6 Å². The number of methoxy groups -OCH3 is 1. The van der Waals surface area contributed by atoms with Gasteiger partial charge in [-0.2, -0.15) is 0 Å². The highest BCUT2D eigenvalue weighted by atomic mass is 16.5. The van der Waals surface area contributed by atoms with Gasteiger partial charge in [0.15, 0.2) is 0 Å². The number of hydrogen-bond donors (Lipinski definition) is 0. The molecule has 1 rings (SSSR count). The fraction of sp³-hybridized carbons (Fsp3) is 0.778. The van der Waals surface area contributed by atoms with Gasteiger partial charge in [0.1, 0.15) is 5.78 Å². The van der Waals surface area contributed by atoms with Gasteiger partial charge in [-0.05, 0) is 12.3 Å². The Hall–Kier alpha value is -0.860. The zero-order chi connectivity index (χ0) is 9.14. The third-order valence-electron chi connectivity index (χ3n) is 2.63. The van der Waals surface area contributed by atoms with Crippen LogP contribution in [0.15, 0.2) is 0 Å². The van der Waals surface area contributed by atoms with E-state index in [1.54, 1.807) is 0 Å². The average Bonchev–Trinajstić information content (AvgIpc) is 2.36. The number of rotatable bonds is 2. The first-order valence-corrected chi connectivity index (χ1v) is 4.24. The van der Waals surface area contributed by atoms with Crippen LogP contribution in [-0.2, 0) is 14.3 Å². The lowest BCUT2D eigenvalue weighted by molar-refractivity contribution is -0.142. The normalized spacial score (nSPS) is 29.0. The van der Waals surface area contributed by atoms with Crippen LogP contribution >= 0.6 is 0 Å². The van der Waals surface area contributed by atoms with Crippen molar-refractivity contribution >= 4 is 11.8 Å². The summed E-state index contributed by atoms with van der Waals surface area (Å²) in [6.07, 6.45) is 1.86. The van der Waals surface area contributed by atoms with Crippen molar-refractivity contribution in [2.45, 2.75) is 26.2 Å². The highest BCUT2D eigenvalue weighted by molar-refractivity contribution is 5.84. The molecule has 0 N–H and O–H groups in total. The minimum atomic E-state index is -0.207. The van der Waals surface area contributed by atoms with Crippen LogP contribution in [0.1, 0.15) is 26.2 Å². The van der Waals surface area contributed by atoms with Crippen molar-refractivity contribution in [2.75, 3.05) is 7.11 Å². The fourth-order valence-corrected chi connectivity index (χ4v) is 1.64. The van der Waals surface area contributed by atoms with Crippen molar-refractivity contribution < 1.29 is 14.3 Å². The second-order valence-corrected chi connectivity index (χ2v) is 3.33. The lowest BCUT2D eigenvalue weighted by Crippen LogP contribution is -2.15. The highest BCUT2D eigenvalue weighted by Gasteiger charge is 2.32. The third kappa shape index (κ3) is 1.84. The zero-order valence-corrected chi connectivity index (χ0v) is 7.50. The summed E-state index contributed by atoms with van der Waals surface area (Å²) < 4.78 is 4.55. The fourth-order valence-electron chi connectivity index (χ4n) is 1.64. The molecule has 1 aliphatic carbocycles. The summed E-state index contributed by atoms with van der Waals surface area (Å²) in [4.78, 5) is 22.0. The standard InChI is InChI=1S/C9H14O3/c1-6-7(3-4-8(6)10)5-9(11)12-2/h6-7H,3-5H2,1-2H3/t6-,7+/m0/s1. The molecule has 0 aliphatic heterocycles. The van der Waals surface area contributed by atoms with Crippen LogP contribution in [0.3, 0.4) is 0 Å². The van der Waals surface area contributed by atoms with E-state index in [1.165, 1.54) is 7.11 Å². The van der Waals surface area contributed by atoms with Crippen LogP contribution in [0.4, 0.5) is 0 Å². The van der Waals surface area contributed by atoms with Gasteiger partial charge in [0.25, 0.3) is 0 Å². The molecule has 0 radical (unpaired) electrons. The molecule has 0 unspecified atom stereocenters. The Kier molecular flexibility index (Phi) is 2.84. The largest absolute Gasteiger partial charge is 0.469 e. The number of ketones is 1. The zero-order valence-electron chi connectivity index (χ0n) is 7.50. The van der Waals surface area contributed by atoms with Crippen molar-refractivity contribution in [1.82, 2.24) is 0 Å².